The highest BCUT2D eigenvalue weighted by atomic mass is 32.1. The van der Waals surface area contributed by atoms with E-state index in [2.05, 4.69) is 198 Å². The Morgan fingerprint density at radius 2 is 0.984 bits per heavy atom. The lowest BCUT2D eigenvalue weighted by atomic mass is 9.81. The molecule has 0 saturated heterocycles. The summed E-state index contributed by atoms with van der Waals surface area (Å²) in [4.78, 5) is 11.1. The van der Waals surface area contributed by atoms with E-state index in [0.29, 0.717) is 0 Å². The average Bonchev–Trinajstić information content (AvgIpc) is 4.01. The zero-order chi connectivity index (χ0) is 41.5. The molecule has 0 aliphatic heterocycles. The van der Waals surface area contributed by atoms with Crippen LogP contribution in [-0.4, -0.2) is 9.97 Å². The number of benzene rings is 8. The molecule has 8 aromatic carbocycles. The van der Waals surface area contributed by atoms with Gasteiger partial charge in [0.1, 0.15) is 11.2 Å². The number of hydrogen-bond acceptors (Lipinski definition) is 4. The van der Waals surface area contributed by atoms with Gasteiger partial charge >= 0.3 is 0 Å². The van der Waals surface area contributed by atoms with Crippen LogP contribution in [0.3, 0.4) is 0 Å². The summed E-state index contributed by atoms with van der Waals surface area (Å²) in [7, 11) is 0. The fourth-order valence-electron chi connectivity index (χ4n) is 10.7. The van der Waals surface area contributed by atoms with Crippen LogP contribution in [0.5, 0.6) is 0 Å². The van der Waals surface area contributed by atoms with Gasteiger partial charge in [-0.25, -0.2) is 9.97 Å². The molecule has 0 radical (unpaired) electrons. The van der Waals surface area contributed by atoms with E-state index in [0.717, 1.165) is 65.8 Å². The van der Waals surface area contributed by atoms with Gasteiger partial charge < -0.3 is 4.42 Å². The van der Waals surface area contributed by atoms with Crippen molar-refractivity contribution in [2.75, 3.05) is 0 Å². The van der Waals surface area contributed by atoms with Crippen LogP contribution in [0.15, 0.2) is 174 Å². The largest absolute Gasteiger partial charge is 0.456 e. The summed E-state index contributed by atoms with van der Waals surface area (Å²) in [5.74, 6) is 0.721. The van der Waals surface area contributed by atoms with Crippen molar-refractivity contribution >= 4 is 53.6 Å². The summed E-state index contributed by atoms with van der Waals surface area (Å²) in [5, 5.41) is 3.28. The number of hydrogen-bond donors (Lipinski definition) is 0. The molecule has 0 amide bonds. The molecule has 0 atom stereocenters. The Hall–Kier alpha value is -7.14. The lowest BCUT2D eigenvalue weighted by Gasteiger charge is -2.22. The lowest BCUT2D eigenvalue weighted by Crippen LogP contribution is -2.15. The first-order valence-electron chi connectivity index (χ1n) is 21.5. The summed E-state index contributed by atoms with van der Waals surface area (Å²) in [6.07, 6.45) is 0. The minimum atomic E-state index is -0.147. The molecular weight excluding hydrogens is 773 g/mol. The smallest absolute Gasteiger partial charge is 0.160 e. The highest BCUT2D eigenvalue weighted by Gasteiger charge is 2.37. The van der Waals surface area contributed by atoms with Gasteiger partial charge in [0.2, 0.25) is 0 Å². The Balaban J connectivity index is 1.03. The Morgan fingerprint density at radius 1 is 0.419 bits per heavy atom. The van der Waals surface area contributed by atoms with Gasteiger partial charge in [-0.05, 0) is 109 Å². The van der Waals surface area contributed by atoms with Crippen LogP contribution in [0.4, 0.5) is 0 Å². The normalized spacial score (nSPS) is 14.4. The second-order valence-corrected chi connectivity index (χ2v) is 19.2. The van der Waals surface area contributed by atoms with E-state index >= 15 is 0 Å². The first-order valence-corrected chi connectivity index (χ1v) is 22.3. The maximum Gasteiger partial charge on any atom is 0.160 e. The fraction of sp³-hybridized carbons (Fsp3) is 0.103. The van der Waals surface area contributed by atoms with Crippen molar-refractivity contribution in [2.24, 2.45) is 0 Å². The SMILES string of the molecule is CC1(C)c2ccccc2-c2ccc(-c3ccc4oc5cccc(-c6nc(-c7ccc8c(c7)C(C)(C)c7ccccc7-8)nc7c6sc6ccc(-c8ccccc8)cc67)c5c4c3)cc21. The topological polar surface area (TPSA) is 38.9 Å². The summed E-state index contributed by atoms with van der Waals surface area (Å²) in [6, 6.07) is 61.9. The molecule has 0 fully saturated rings. The Bertz CT molecular complexity index is 3700. The average molecular weight is 813 g/mol. The third-order valence-corrected chi connectivity index (χ3v) is 15.1. The standard InChI is InChI=1S/C58H40N2OS/c1-57(2)45-18-10-8-15-38(45)40-25-21-36(31-47(40)57)35-23-27-49-43(29-35)52-42(17-12-20-50(52)61-49)53-55-54(44-30-34(24-28-51(44)62-55)33-13-6-5-7-14-33)60-56(59-53)37-22-26-41-39-16-9-11-19-46(39)58(3,4)48(41)32-37/h5-32H,1-4H3. The number of rotatable bonds is 4. The molecule has 11 aromatic rings. The van der Waals surface area contributed by atoms with Gasteiger partial charge in [0.05, 0.1) is 15.9 Å². The first-order chi connectivity index (χ1) is 30.2. The lowest BCUT2D eigenvalue weighted by molar-refractivity contribution is 0.660. The molecule has 3 aromatic heterocycles. The molecule has 62 heavy (non-hydrogen) atoms. The molecular formula is C58H40N2OS. The maximum atomic E-state index is 6.67. The van der Waals surface area contributed by atoms with Gasteiger partial charge in [-0.1, -0.05) is 155 Å². The van der Waals surface area contributed by atoms with Crippen molar-refractivity contribution in [3.8, 4) is 67.2 Å². The van der Waals surface area contributed by atoms with Crippen molar-refractivity contribution in [2.45, 2.75) is 38.5 Å². The fourth-order valence-corrected chi connectivity index (χ4v) is 11.8. The third kappa shape index (κ3) is 4.99. The molecule has 0 N–H and O–H groups in total. The number of aromatic nitrogens is 2. The number of thiophene rings is 1. The van der Waals surface area contributed by atoms with Gasteiger partial charge in [0.25, 0.3) is 0 Å². The molecule has 294 valence electrons. The zero-order valence-corrected chi connectivity index (χ0v) is 35.7. The van der Waals surface area contributed by atoms with Crippen LogP contribution < -0.4 is 0 Å². The molecule has 2 aliphatic rings. The van der Waals surface area contributed by atoms with Gasteiger partial charge in [-0.15, -0.1) is 11.3 Å². The molecule has 0 bridgehead atoms. The summed E-state index contributed by atoms with van der Waals surface area (Å²) in [5.41, 5.74) is 20.8. The van der Waals surface area contributed by atoms with E-state index in [4.69, 9.17) is 14.4 Å². The van der Waals surface area contributed by atoms with Crippen molar-refractivity contribution in [3.05, 3.63) is 192 Å². The Labute approximate surface area is 364 Å². The van der Waals surface area contributed by atoms with E-state index in [1.807, 2.05) is 0 Å². The molecule has 0 saturated carbocycles. The molecule has 0 unspecified atom stereocenters. The molecule has 4 heteroatoms. The Kier molecular flexibility index (Phi) is 7.29. The summed E-state index contributed by atoms with van der Waals surface area (Å²) >= 11 is 1.77. The van der Waals surface area contributed by atoms with Crippen molar-refractivity contribution < 1.29 is 4.42 Å². The highest BCUT2D eigenvalue weighted by Crippen LogP contribution is 2.52. The predicted molar refractivity (Wildman–Crippen MR) is 259 cm³/mol. The minimum absolute atomic E-state index is 0.0810. The van der Waals surface area contributed by atoms with Gasteiger partial charge in [0.15, 0.2) is 5.82 Å². The van der Waals surface area contributed by atoms with Crippen LogP contribution in [0, 0.1) is 0 Å². The van der Waals surface area contributed by atoms with Crippen LogP contribution in [0.2, 0.25) is 0 Å². The monoisotopic (exact) mass is 812 g/mol. The van der Waals surface area contributed by atoms with E-state index in [1.165, 1.54) is 65.9 Å². The van der Waals surface area contributed by atoms with Crippen LogP contribution in [0.25, 0.3) is 109 Å². The highest BCUT2D eigenvalue weighted by molar-refractivity contribution is 7.26. The van der Waals surface area contributed by atoms with Crippen molar-refractivity contribution in [3.63, 3.8) is 0 Å². The molecule has 3 nitrogen and oxygen atoms in total. The second kappa shape index (κ2) is 12.7. The quantitative estimate of drug-likeness (QED) is 0.178. The predicted octanol–water partition coefficient (Wildman–Crippen LogP) is 16.0. The summed E-state index contributed by atoms with van der Waals surface area (Å²) in [6.45, 7) is 9.35. The van der Waals surface area contributed by atoms with E-state index in [-0.39, 0.29) is 10.8 Å². The minimum Gasteiger partial charge on any atom is -0.456 e. The molecule has 3 heterocycles. The number of furan rings is 1. The Morgan fingerprint density at radius 3 is 1.73 bits per heavy atom. The first kappa shape index (κ1) is 35.6. The summed E-state index contributed by atoms with van der Waals surface area (Å²) < 4.78 is 8.93. The van der Waals surface area contributed by atoms with Crippen molar-refractivity contribution in [1.29, 1.82) is 0 Å². The van der Waals surface area contributed by atoms with Gasteiger partial charge in [0, 0.05) is 42.8 Å². The van der Waals surface area contributed by atoms with Crippen LogP contribution in [-0.2, 0) is 10.8 Å². The third-order valence-electron chi connectivity index (χ3n) is 13.9. The zero-order valence-electron chi connectivity index (χ0n) is 34.9. The molecule has 2 aliphatic carbocycles. The number of nitrogens with zero attached hydrogens (tertiary/aromatic N) is 2. The maximum absolute atomic E-state index is 6.67. The van der Waals surface area contributed by atoms with Gasteiger partial charge in [-0.3, -0.25) is 0 Å². The second-order valence-electron chi connectivity index (χ2n) is 18.1. The van der Waals surface area contributed by atoms with E-state index in [9.17, 15) is 0 Å². The molecule has 13 rings (SSSR count). The number of fused-ring (bicyclic) bond motifs is 12. The van der Waals surface area contributed by atoms with E-state index in [1.54, 1.807) is 11.3 Å². The molecule has 0 spiro atoms. The van der Waals surface area contributed by atoms with Crippen molar-refractivity contribution in [1.82, 2.24) is 9.97 Å². The van der Waals surface area contributed by atoms with E-state index < -0.39 is 0 Å². The van der Waals surface area contributed by atoms with Crippen LogP contribution in [0.1, 0.15) is 49.9 Å². The van der Waals surface area contributed by atoms with Gasteiger partial charge in [-0.2, -0.15) is 0 Å². The van der Waals surface area contributed by atoms with Crippen LogP contribution >= 0.6 is 11.3 Å².